The first-order valence-corrected chi connectivity index (χ1v) is 10.7. The van der Waals surface area contributed by atoms with E-state index in [0.29, 0.717) is 0 Å². The molecular weight excluding hydrogens is 316 g/mol. The summed E-state index contributed by atoms with van der Waals surface area (Å²) in [6.45, 7) is 6.59. The van der Waals surface area contributed by atoms with E-state index in [-0.39, 0.29) is 0 Å². The van der Waals surface area contributed by atoms with E-state index in [9.17, 15) is 0 Å². The summed E-state index contributed by atoms with van der Waals surface area (Å²) in [7, 11) is 0. The molecule has 0 spiro atoms. The Bertz CT molecular complexity index is 506. The van der Waals surface area contributed by atoms with Gasteiger partial charge in [0.05, 0.1) is 0 Å². The van der Waals surface area contributed by atoms with E-state index in [1.54, 1.807) is 0 Å². The Hall–Kier alpha value is -0.651. The number of nitrogens with zero attached hydrogens (tertiary/aromatic N) is 1. The summed E-state index contributed by atoms with van der Waals surface area (Å²) < 4.78 is 2.57. The molecule has 0 radical (unpaired) electrons. The maximum absolute atomic E-state index is 3.56. The van der Waals surface area contributed by atoms with Crippen molar-refractivity contribution in [2.75, 3.05) is 13.1 Å². The SMILES string of the molecule is CCN(CC)P(=[Se])(c1ccccc1)c1ccccc1. The first-order valence-electron chi connectivity index (χ1n) is 6.70. The van der Waals surface area contributed by atoms with Gasteiger partial charge in [0.25, 0.3) is 0 Å². The fourth-order valence-corrected chi connectivity index (χ4v) is 8.24. The summed E-state index contributed by atoms with van der Waals surface area (Å²) in [5, 5.41) is 2.81. The van der Waals surface area contributed by atoms with E-state index in [1.165, 1.54) is 10.6 Å². The zero-order valence-electron chi connectivity index (χ0n) is 11.5. The third kappa shape index (κ3) is 2.93. The molecule has 0 fully saturated rings. The van der Waals surface area contributed by atoms with Crippen molar-refractivity contribution >= 4 is 31.4 Å². The molecule has 0 N–H and O–H groups in total. The van der Waals surface area contributed by atoms with Crippen molar-refractivity contribution in [3.05, 3.63) is 60.7 Å². The third-order valence-corrected chi connectivity index (χ3v) is 10.8. The average molecular weight is 336 g/mol. The Morgan fingerprint density at radius 3 is 1.47 bits per heavy atom. The van der Waals surface area contributed by atoms with Crippen LogP contribution in [0.25, 0.3) is 0 Å². The zero-order chi connectivity index (χ0) is 13.7. The molecule has 0 heterocycles. The first kappa shape index (κ1) is 14.8. The average Bonchev–Trinajstić information content (AvgIpc) is 2.50. The van der Waals surface area contributed by atoms with Gasteiger partial charge in [-0.1, -0.05) is 0 Å². The van der Waals surface area contributed by atoms with Gasteiger partial charge in [-0.25, -0.2) is 0 Å². The van der Waals surface area contributed by atoms with Crippen molar-refractivity contribution < 1.29 is 0 Å². The summed E-state index contributed by atoms with van der Waals surface area (Å²) in [4.78, 5) is 0. The quantitative estimate of drug-likeness (QED) is 0.599. The third-order valence-electron chi connectivity index (χ3n) is 3.34. The van der Waals surface area contributed by atoms with Gasteiger partial charge in [-0.15, -0.1) is 0 Å². The maximum atomic E-state index is 3.56. The topological polar surface area (TPSA) is 3.24 Å². The van der Waals surface area contributed by atoms with E-state index in [0.717, 1.165) is 13.1 Å². The van der Waals surface area contributed by atoms with Crippen LogP contribution in [0.3, 0.4) is 0 Å². The molecule has 0 saturated carbocycles. The van der Waals surface area contributed by atoms with Crippen molar-refractivity contribution in [3.8, 4) is 0 Å². The zero-order valence-corrected chi connectivity index (χ0v) is 14.1. The molecule has 0 saturated heterocycles. The molecule has 2 aromatic rings. The molecule has 0 aliphatic rings. The predicted octanol–water partition coefficient (Wildman–Crippen LogP) is 3.00. The van der Waals surface area contributed by atoms with Crippen molar-refractivity contribution in [3.63, 3.8) is 0 Å². The summed E-state index contributed by atoms with van der Waals surface area (Å²) in [5.74, 6) is 0. The predicted molar refractivity (Wildman–Crippen MR) is 87.7 cm³/mol. The van der Waals surface area contributed by atoms with Gasteiger partial charge in [0.2, 0.25) is 0 Å². The number of hydrogen-bond donors (Lipinski definition) is 0. The number of hydrogen-bond acceptors (Lipinski definition) is 1. The van der Waals surface area contributed by atoms with Crippen LogP contribution in [0, 0.1) is 0 Å². The minimum absolute atomic E-state index is 1.06. The Balaban J connectivity index is 2.61. The van der Waals surface area contributed by atoms with E-state index in [4.69, 9.17) is 0 Å². The van der Waals surface area contributed by atoms with Gasteiger partial charge >= 0.3 is 124 Å². The number of benzene rings is 2. The molecule has 2 rings (SSSR count). The summed E-state index contributed by atoms with van der Waals surface area (Å²) >= 11 is 3.56. The molecular formula is C16H20NPSe. The molecule has 0 aliphatic heterocycles. The molecule has 0 unspecified atom stereocenters. The van der Waals surface area contributed by atoms with Crippen LogP contribution in [0.4, 0.5) is 0 Å². The second-order valence-corrected chi connectivity index (χ2v) is 10.5. The standard InChI is InChI=1S/C16H20NPSe/c1-3-17(4-2)18(19,15-11-7-5-8-12-15)16-13-9-6-10-14-16/h5-14H,3-4H2,1-2H3. The van der Waals surface area contributed by atoms with Crippen LogP contribution < -0.4 is 10.6 Å². The van der Waals surface area contributed by atoms with Gasteiger partial charge < -0.3 is 0 Å². The molecule has 0 aliphatic carbocycles. The fourth-order valence-electron chi connectivity index (χ4n) is 2.36. The van der Waals surface area contributed by atoms with Gasteiger partial charge in [-0.3, -0.25) is 0 Å². The Kier molecular flexibility index (Phi) is 5.19. The Morgan fingerprint density at radius 1 is 0.789 bits per heavy atom. The molecule has 0 atom stereocenters. The summed E-state index contributed by atoms with van der Waals surface area (Å²) in [6.07, 6.45) is 0. The van der Waals surface area contributed by atoms with Crippen LogP contribution in [0.15, 0.2) is 60.7 Å². The van der Waals surface area contributed by atoms with E-state index >= 15 is 0 Å². The van der Waals surface area contributed by atoms with Crippen molar-refractivity contribution in [2.45, 2.75) is 13.8 Å². The molecule has 0 amide bonds. The summed E-state index contributed by atoms with van der Waals surface area (Å²) in [5.41, 5.74) is -1.58. The second kappa shape index (κ2) is 6.68. The molecule has 19 heavy (non-hydrogen) atoms. The van der Waals surface area contributed by atoms with Gasteiger partial charge in [0.15, 0.2) is 0 Å². The normalized spacial score (nSPS) is 11.7. The van der Waals surface area contributed by atoms with E-state index in [1.807, 2.05) is 0 Å². The van der Waals surface area contributed by atoms with Gasteiger partial charge in [-0.05, 0) is 0 Å². The van der Waals surface area contributed by atoms with Gasteiger partial charge in [0.1, 0.15) is 0 Å². The monoisotopic (exact) mass is 337 g/mol. The minimum atomic E-state index is -1.58. The van der Waals surface area contributed by atoms with Gasteiger partial charge in [-0.2, -0.15) is 0 Å². The van der Waals surface area contributed by atoms with Crippen LogP contribution in [0.5, 0.6) is 0 Å². The molecule has 3 heteroatoms. The van der Waals surface area contributed by atoms with Crippen molar-refractivity contribution in [1.29, 1.82) is 0 Å². The fraction of sp³-hybridized carbons (Fsp3) is 0.250. The molecule has 0 bridgehead atoms. The van der Waals surface area contributed by atoms with Crippen LogP contribution in [-0.2, 0) is 0 Å². The molecule has 1 nitrogen and oxygen atoms in total. The van der Waals surface area contributed by atoms with Crippen LogP contribution in [0.2, 0.25) is 0 Å². The van der Waals surface area contributed by atoms with E-state index < -0.39 is 5.66 Å². The Labute approximate surface area is 123 Å². The summed E-state index contributed by atoms with van der Waals surface area (Å²) in [6, 6.07) is 21.7. The van der Waals surface area contributed by atoms with Crippen LogP contribution in [0.1, 0.15) is 13.8 Å². The number of rotatable bonds is 5. The molecule has 100 valence electrons. The van der Waals surface area contributed by atoms with E-state index in [2.05, 4.69) is 94.3 Å². The van der Waals surface area contributed by atoms with Crippen LogP contribution >= 0.6 is 5.66 Å². The van der Waals surface area contributed by atoms with Crippen molar-refractivity contribution in [2.24, 2.45) is 0 Å². The molecule has 2 aromatic carbocycles. The second-order valence-electron chi connectivity index (χ2n) is 4.39. The van der Waals surface area contributed by atoms with Gasteiger partial charge in [0, 0.05) is 0 Å². The molecule has 0 aromatic heterocycles. The van der Waals surface area contributed by atoms with Crippen molar-refractivity contribution in [1.82, 2.24) is 4.67 Å². The first-order chi connectivity index (χ1) is 9.23. The Morgan fingerprint density at radius 2 is 1.16 bits per heavy atom. The van der Waals surface area contributed by atoms with Crippen LogP contribution in [-0.4, -0.2) is 32.9 Å².